The molecule has 0 spiro atoms. The number of para-hydroxylation sites is 1. The Morgan fingerprint density at radius 2 is 1.81 bits per heavy atom. The lowest BCUT2D eigenvalue weighted by Crippen LogP contribution is -2.13. The van der Waals surface area contributed by atoms with Crippen LogP contribution in [-0.2, 0) is 4.79 Å². The molecule has 1 N–H and O–H groups in total. The number of rotatable bonds is 11. The summed E-state index contributed by atoms with van der Waals surface area (Å²) < 4.78 is 17.5. The quantitative estimate of drug-likeness (QED) is 0.203. The Hall–Kier alpha value is -3.90. The molecule has 0 atom stereocenters. The molecular weight excluding hydrogens is 476 g/mol. The molecule has 3 rings (SSSR count). The summed E-state index contributed by atoms with van der Waals surface area (Å²) in [5, 5.41) is 21.4. The third kappa shape index (κ3) is 7.06. The molecule has 0 aliphatic heterocycles. The molecule has 0 unspecified atom stereocenters. The van der Waals surface area contributed by atoms with Crippen LogP contribution in [0.5, 0.6) is 17.2 Å². The molecule has 0 fully saturated rings. The molecule has 3 aromatic rings. The first-order chi connectivity index (χ1) is 17.3. The second-order valence-corrected chi connectivity index (χ2v) is 9.29. The lowest BCUT2D eigenvalue weighted by molar-refractivity contribution is -0.112. The standard InChI is InChI=1S/C27H30N4O4S/c1-6-33-23-15-20(14-21(16-28)25(32)29-27-31-30-26(36-27)17(2)3)10-11-22(23)34-12-13-35-24-18(4)8-7-9-19(24)5/h7-11,14-15,17H,6,12-13H2,1-5H3,(H,29,31,32). The highest BCUT2D eigenvalue weighted by molar-refractivity contribution is 7.15. The molecule has 0 saturated carbocycles. The number of nitrogens with one attached hydrogen (secondary N) is 1. The minimum absolute atomic E-state index is 0.0607. The Morgan fingerprint density at radius 3 is 2.44 bits per heavy atom. The van der Waals surface area contributed by atoms with E-state index in [-0.39, 0.29) is 11.5 Å². The number of nitriles is 1. The summed E-state index contributed by atoms with van der Waals surface area (Å²) in [6.07, 6.45) is 1.50. The van der Waals surface area contributed by atoms with Crippen molar-refractivity contribution >= 4 is 28.5 Å². The van der Waals surface area contributed by atoms with Crippen LogP contribution in [0.2, 0.25) is 0 Å². The summed E-state index contributed by atoms with van der Waals surface area (Å²) in [5.41, 5.74) is 2.72. The number of amides is 1. The molecule has 9 heteroatoms. The number of carbonyl (C=O) groups is 1. The minimum atomic E-state index is -0.550. The van der Waals surface area contributed by atoms with Crippen molar-refractivity contribution in [1.29, 1.82) is 5.26 Å². The smallest absolute Gasteiger partial charge is 0.268 e. The molecule has 0 aliphatic rings. The summed E-state index contributed by atoms with van der Waals surface area (Å²) in [6, 6.07) is 13.2. The van der Waals surface area contributed by atoms with Gasteiger partial charge in [0, 0.05) is 5.92 Å². The van der Waals surface area contributed by atoms with E-state index in [2.05, 4.69) is 15.5 Å². The Bertz CT molecular complexity index is 1260. The largest absolute Gasteiger partial charge is 0.490 e. The fourth-order valence-corrected chi connectivity index (χ4v) is 4.06. The van der Waals surface area contributed by atoms with E-state index in [0.29, 0.717) is 42.0 Å². The molecule has 0 saturated heterocycles. The summed E-state index contributed by atoms with van der Waals surface area (Å²) >= 11 is 1.29. The SMILES string of the molecule is CCOc1cc(C=C(C#N)C(=O)Nc2nnc(C(C)C)s2)ccc1OCCOc1c(C)cccc1C. The van der Waals surface area contributed by atoms with Gasteiger partial charge in [0.2, 0.25) is 5.13 Å². The molecule has 0 bridgehead atoms. The number of hydrogen-bond acceptors (Lipinski definition) is 8. The Labute approximate surface area is 215 Å². The van der Waals surface area contributed by atoms with Gasteiger partial charge in [0.15, 0.2) is 11.5 Å². The van der Waals surface area contributed by atoms with Crippen LogP contribution < -0.4 is 19.5 Å². The van der Waals surface area contributed by atoms with Gasteiger partial charge in [0.05, 0.1) is 6.61 Å². The lowest BCUT2D eigenvalue weighted by Gasteiger charge is -2.15. The number of anilines is 1. The number of benzene rings is 2. The van der Waals surface area contributed by atoms with Gasteiger partial charge in [-0.25, -0.2) is 0 Å². The highest BCUT2D eigenvalue weighted by Crippen LogP contribution is 2.30. The normalized spacial score (nSPS) is 11.2. The average Bonchev–Trinajstić information content (AvgIpc) is 3.31. The van der Waals surface area contributed by atoms with Gasteiger partial charge in [0.25, 0.3) is 5.91 Å². The van der Waals surface area contributed by atoms with Crippen LogP contribution >= 0.6 is 11.3 Å². The molecule has 188 valence electrons. The molecule has 1 amide bonds. The highest BCUT2D eigenvalue weighted by atomic mass is 32.1. The van der Waals surface area contributed by atoms with Gasteiger partial charge in [0.1, 0.15) is 35.6 Å². The summed E-state index contributed by atoms with van der Waals surface area (Å²) in [7, 11) is 0. The number of aromatic nitrogens is 2. The predicted octanol–water partition coefficient (Wildman–Crippen LogP) is 5.68. The van der Waals surface area contributed by atoms with Gasteiger partial charge >= 0.3 is 0 Å². The second kappa shape index (κ2) is 12.7. The molecule has 1 heterocycles. The lowest BCUT2D eigenvalue weighted by atomic mass is 10.1. The van der Waals surface area contributed by atoms with Crippen LogP contribution in [0, 0.1) is 25.2 Å². The first-order valence-corrected chi connectivity index (χ1v) is 12.5. The zero-order chi connectivity index (χ0) is 26.1. The minimum Gasteiger partial charge on any atom is -0.490 e. The second-order valence-electron chi connectivity index (χ2n) is 8.28. The van der Waals surface area contributed by atoms with Gasteiger partial charge in [-0.1, -0.05) is 49.4 Å². The number of carbonyl (C=O) groups excluding carboxylic acids is 1. The summed E-state index contributed by atoms with van der Waals surface area (Å²) in [5.74, 6) is 1.59. The predicted molar refractivity (Wildman–Crippen MR) is 141 cm³/mol. The van der Waals surface area contributed by atoms with Crippen LogP contribution in [0.3, 0.4) is 0 Å². The first kappa shape index (κ1) is 26.7. The maximum absolute atomic E-state index is 12.6. The molecule has 0 radical (unpaired) electrons. The van der Waals surface area contributed by atoms with Crippen LogP contribution in [0.25, 0.3) is 6.08 Å². The Balaban J connectivity index is 1.67. The molecule has 1 aromatic heterocycles. The van der Waals surface area contributed by atoms with Gasteiger partial charge in [-0.15, -0.1) is 10.2 Å². The molecule has 8 nitrogen and oxygen atoms in total. The van der Waals surface area contributed by atoms with Crippen molar-refractivity contribution in [2.24, 2.45) is 0 Å². The Kier molecular flexibility index (Phi) is 9.42. The Morgan fingerprint density at radius 1 is 1.08 bits per heavy atom. The maximum Gasteiger partial charge on any atom is 0.268 e. The first-order valence-electron chi connectivity index (χ1n) is 11.7. The van der Waals surface area contributed by atoms with Crippen molar-refractivity contribution in [3.05, 3.63) is 63.7 Å². The van der Waals surface area contributed by atoms with E-state index < -0.39 is 5.91 Å². The summed E-state index contributed by atoms with van der Waals surface area (Å²) in [6.45, 7) is 11.0. The van der Waals surface area contributed by atoms with Crippen LogP contribution in [0.1, 0.15) is 48.4 Å². The van der Waals surface area contributed by atoms with Crippen LogP contribution in [0.15, 0.2) is 42.0 Å². The van der Waals surface area contributed by atoms with Crippen molar-refractivity contribution in [2.45, 2.75) is 40.5 Å². The molecule has 2 aromatic carbocycles. The van der Waals surface area contributed by atoms with Gasteiger partial charge < -0.3 is 14.2 Å². The van der Waals surface area contributed by atoms with Crippen LogP contribution in [-0.4, -0.2) is 35.9 Å². The number of hydrogen-bond donors (Lipinski definition) is 1. The number of ether oxygens (including phenoxy) is 3. The van der Waals surface area contributed by atoms with Gasteiger partial charge in [-0.05, 0) is 55.7 Å². The van der Waals surface area contributed by atoms with E-state index in [1.54, 1.807) is 18.2 Å². The third-order valence-electron chi connectivity index (χ3n) is 5.09. The molecule has 0 aliphatic carbocycles. The van der Waals surface area contributed by atoms with Gasteiger partial charge in [-0.3, -0.25) is 10.1 Å². The highest BCUT2D eigenvalue weighted by Gasteiger charge is 2.15. The molecular formula is C27H30N4O4S. The van der Waals surface area contributed by atoms with E-state index in [9.17, 15) is 10.1 Å². The van der Waals surface area contributed by atoms with E-state index in [1.807, 2.05) is 58.9 Å². The zero-order valence-corrected chi connectivity index (χ0v) is 21.9. The van der Waals surface area contributed by atoms with E-state index in [1.165, 1.54) is 17.4 Å². The van der Waals surface area contributed by atoms with Crippen molar-refractivity contribution in [3.8, 4) is 23.3 Å². The number of aryl methyl sites for hydroxylation is 2. The van der Waals surface area contributed by atoms with E-state index in [0.717, 1.165) is 21.9 Å². The fraction of sp³-hybridized carbons (Fsp3) is 0.333. The van der Waals surface area contributed by atoms with Crippen molar-refractivity contribution < 1.29 is 19.0 Å². The number of nitrogens with zero attached hydrogens (tertiary/aromatic N) is 3. The maximum atomic E-state index is 12.6. The van der Waals surface area contributed by atoms with E-state index in [4.69, 9.17) is 14.2 Å². The third-order valence-corrected chi connectivity index (χ3v) is 6.23. The molecule has 36 heavy (non-hydrogen) atoms. The average molecular weight is 507 g/mol. The topological polar surface area (TPSA) is 106 Å². The van der Waals surface area contributed by atoms with Gasteiger partial charge in [-0.2, -0.15) is 5.26 Å². The van der Waals surface area contributed by atoms with Crippen molar-refractivity contribution in [1.82, 2.24) is 10.2 Å². The summed E-state index contributed by atoms with van der Waals surface area (Å²) in [4.78, 5) is 12.6. The monoisotopic (exact) mass is 506 g/mol. The van der Waals surface area contributed by atoms with Crippen molar-refractivity contribution in [2.75, 3.05) is 25.1 Å². The fourth-order valence-electron chi connectivity index (χ4n) is 3.32. The van der Waals surface area contributed by atoms with E-state index >= 15 is 0 Å². The van der Waals surface area contributed by atoms with Crippen molar-refractivity contribution in [3.63, 3.8) is 0 Å². The zero-order valence-electron chi connectivity index (χ0n) is 21.1. The van der Waals surface area contributed by atoms with Crippen LogP contribution in [0.4, 0.5) is 5.13 Å².